The minimum Gasteiger partial charge on any atom is -0.405 e. The van der Waals surface area contributed by atoms with Crippen LogP contribution in [-0.4, -0.2) is 26.6 Å². The molecule has 0 bridgehead atoms. The van der Waals surface area contributed by atoms with Crippen molar-refractivity contribution in [3.05, 3.63) is 29.8 Å². The average molecular weight is 277 g/mol. The van der Waals surface area contributed by atoms with E-state index in [9.17, 15) is 13.2 Å². The highest BCUT2D eigenvalue weighted by Crippen LogP contribution is 2.30. The van der Waals surface area contributed by atoms with E-state index < -0.39 is 6.36 Å². The Hall–Kier alpha value is -1.27. The molecule has 1 atom stereocenters. The number of likely N-dealkylation sites (N-methyl/N-ethyl adjacent to an activating group) is 1. The second-order valence-electron chi connectivity index (χ2n) is 4.00. The summed E-state index contributed by atoms with van der Waals surface area (Å²) in [4.78, 5) is 0. The molecule has 1 rings (SSSR count). The maximum Gasteiger partial charge on any atom is 0.573 e. The van der Waals surface area contributed by atoms with Gasteiger partial charge >= 0.3 is 6.36 Å². The number of hydrogen-bond acceptors (Lipinski definition) is 3. The van der Waals surface area contributed by atoms with Crippen molar-refractivity contribution in [3.63, 3.8) is 0 Å². The minimum atomic E-state index is -4.70. The number of alkyl halides is 3. The van der Waals surface area contributed by atoms with Gasteiger partial charge in [-0.1, -0.05) is 25.1 Å². The van der Waals surface area contributed by atoms with Gasteiger partial charge in [0.25, 0.3) is 0 Å². The molecular weight excluding hydrogens is 259 g/mol. The Labute approximate surface area is 110 Å². The van der Waals surface area contributed by atoms with Crippen molar-refractivity contribution in [2.45, 2.75) is 25.7 Å². The fourth-order valence-electron chi connectivity index (χ4n) is 1.66. The van der Waals surface area contributed by atoms with Crippen LogP contribution < -0.4 is 10.1 Å². The number of rotatable bonds is 7. The molecule has 1 aromatic rings. The molecule has 1 aromatic carbocycles. The maximum absolute atomic E-state index is 12.3. The van der Waals surface area contributed by atoms with Gasteiger partial charge in [-0.25, -0.2) is 0 Å². The van der Waals surface area contributed by atoms with Crippen molar-refractivity contribution in [1.29, 1.82) is 0 Å². The Kier molecular flexibility index (Phi) is 6.11. The summed E-state index contributed by atoms with van der Waals surface area (Å²) >= 11 is 0. The molecule has 0 heterocycles. The van der Waals surface area contributed by atoms with Crippen molar-refractivity contribution in [2.24, 2.45) is 0 Å². The van der Waals surface area contributed by atoms with E-state index in [2.05, 4.69) is 10.1 Å². The van der Waals surface area contributed by atoms with Crippen molar-refractivity contribution in [3.8, 4) is 5.75 Å². The number of nitrogens with one attached hydrogen (secondary N) is 1. The van der Waals surface area contributed by atoms with Crippen LogP contribution >= 0.6 is 0 Å². The second-order valence-corrected chi connectivity index (χ2v) is 4.00. The Morgan fingerprint density at radius 2 is 1.95 bits per heavy atom. The predicted molar refractivity (Wildman–Crippen MR) is 66.0 cm³/mol. The molecule has 108 valence electrons. The zero-order valence-electron chi connectivity index (χ0n) is 11.0. The van der Waals surface area contributed by atoms with E-state index in [4.69, 9.17) is 4.74 Å². The van der Waals surface area contributed by atoms with E-state index in [1.165, 1.54) is 12.1 Å². The van der Waals surface area contributed by atoms with E-state index >= 15 is 0 Å². The topological polar surface area (TPSA) is 30.5 Å². The normalized spacial score (nSPS) is 13.3. The fourth-order valence-corrected chi connectivity index (χ4v) is 1.66. The first-order valence-corrected chi connectivity index (χ1v) is 6.07. The molecule has 0 aliphatic carbocycles. The smallest absolute Gasteiger partial charge is 0.405 e. The zero-order valence-corrected chi connectivity index (χ0v) is 11.0. The molecule has 0 aromatic heterocycles. The van der Waals surface area contributed by atoms with Crippen LogP contribution in [0, 0.1) is 0 Å². The monoisotopic (exact) mass is 277 g/mol. The summed E-state index contributed by atoms with van der Waals surface area (Å²) in [6.07, 6.45) is -3.84. The fraction of sp³-hybridized carbons (Fsp3) is 0.538. The highest BCUT2D eigenvalue weighted by Gasteiger charge is 2.32. The van der Waals surface area contributed by atoms with Crippen LogP contribution in [0.15, 0.2) is 24.3 Å². The summed E-state index contributed by atoms with van der Waals surface area (Å²) in [6.45, 7) is 2.83. The van der Waals surface area contributed by atoms with Crippen molar-refractivity contribution >= 4 is 0 Å². The number of ether oxygens (including phenoxy) is 2. The second kappa shape index (κ2) is 7.35. The first kappa shape index (κ1) is 15.8. The van der Waals surface area contributed by atoms with Gasteiger partial charge in [0.1, 0.15) is 5.75 Å². The van der Waals surface area contributed by atoms with Gasteiger partial charge in [0.2, 0.25) is 0 Å². The molecule has 0 aliphatic heterocycles. The van der Waals surface area contributed by atoms with Crippen molar-refractivity contribution < 1.29 is 22.6 Å². The molecule has 6 heteroatoms. The lowest BCUT2D eigenvalue weighted by atomic mass is 10.1. The standard InChI is InChI=1S/C13H18F3NO2/c1-3-8-18-9-11(17-2)10-6-4-5-7-12(10)19-13(14,15)16/h4-7,11,17H,3,8-9H2,1-2H3. The molecule has 0 spiro atoms. The molecule has 0 saturated heterocycles. The first-order chi connectivity index (χ1) is 8.98. The molecule has 0 saturated carbocycles. The summed E-state index contributed by atoms with van der Waals surface area (Å²) in [7, 11) is 1.67. The third-order valence-corrected chi connectivity index (χ3v) is 2.50. The number of hydrogen-bond donors (Lipinski definition) is 1. The van der Waals surface area contributed by atoms with Gasteiger partial charge in [0.05, 0.1) is 12.6 Å². The van der Waals surface area contributed by atoms with Gasteiger partial charge in [-0.3, -0.25) is 0 Å². The number of halogens is 3. The van der Waals surface area contributed by atoms with Gasteiger partial charge in [0.15, 0.2) is 0 Å². The summed E-state index contributed by atoms with van der Waals surface area (Å²) < 4.78 is 46.4. The lowest BCUT2D eigenvalue weighted by molar-refractivity contribution is -0.275. The molecule has 0 amide bonds. The average Bonchev–Trinajstić information content (AvgIpc) is 2.34. The van der Waals surface area contributed by atoms with Crippen LogP contribution in [0.25, 0.3) is 0 Å². The van der Waals surface area contributed by atoms with Gasteiger partial charge in [0, 0.05) is 12.2 Å². The zero-order chi connectivity index (χ0) is 14.3. The molecular formula is C13H18F3NO2. The molecule has 3 nitrogen and oxygen atoms in total. The largest absolute Gasteiger partial charge is 0.573 e. The van der Waals surface area contributed by atoms with Gasteiger partial charge in [-0.2, -0.15) is 0 Å². The summed E-state index contributed by atoms with van der Waals surface area (Å²) in [5, 5.41) is 2.93. The minimum absolute atomic E-state index is 0.200. The number of benzene rings is 1. The Balaban J connectivity index is 2.84. The lowest BCUT2D eigenvalue weighted by Gasteiger charge is -2.20. The molecule has 0 radical (unpaired) electrons. The Morgan fingerprint density at radius 1 is 1.26 bits per heavy atom. The molecule has 19 heavy (non-hydrogen) atoms. The lowest BCUT2D eigenvalue weighted by Crippen LogP contribution is -2.25. The summed E-state index contributed by atoms with van der Waals surface area (Å²) in [5.41, 5.74) is 0.429. The Morgan fingerprint density at radius 3 is 2.53 bits per heavy atom. The molecule has 1 unspecified atom stereocenters. The van der Waals surface area contributed by atoms with Crippen molar-refractivity contribution in [1.82, 2.24) is 5.32 Å². The first-order valence-electron chi connectivity index (χ1n) is 6.07. The summed E-state index contributed by atoms with van der Waals surface area (Å²) in [6, 6.07) is 5.72. The molecule has 0 fully saturated rings. The van der Waals surface area contributed by atoms with Gasteiger partial charge in [-0.05, 0) is 19.5 Å². The quantitative estimate of drug-likeness (QED) is 0.776. The van der Waals surface area contributed by atoms with Crippen LogP contribution in [0.2, 0.25) is 0 Å². The highest BCUT2D eigenvalue weighted by atomic mass is 19.4. The van der Waals surface area contributed by atoms with E-state index in [1.54, 1.807) is 19.2 Å². The van der Waals surface area contributed by atoms with Crippen LogP contribution in [-0.2, 0) is 4.74 Å². The number of para-hydroxylation sites is 1. The molecule has 0 aliphatic rings. The van der Waals surface area contributed by atoms with E-state index in [0.717, 1.165) is 6.42 Å². The molecule has 1 N–H and O–H groups in total. The predicted octanol–water partition coefficient (Wildman–Crippen LogP) is 3.27. The third kappa shape index (κ3) is 5.48. The highest BCUT2D eigenvalue weighted by molar-refractivity contribution is 5.36. The Bertz CT molecular complexity index is 382. The van der Waals surface area contributed by atoms with Gasteiger partial charge < -0.3 is 14.8 Å². The SMILES string of the molecule is CCCOCC(NC)c1ccccc1OC(F)(F)F. The van der Waals surface area contributed by atoms with Crippen LogP contribution in [0.3, 0.4) is 0 Å². The van der Waals surface area contributed by atoms with Crippen LogP contribution in [0.4, 0.5) is 13.2 Å². The third-order valence-electron chi connectivity index (χ3n) is 2.50. The van der Waals surface area contributed by atoms with E-state index in [-0.39, 0.29) is 11.8 Å². The van der Waals surface area contributed by atoms with Crippen LogP contribution in [0.5, 0.6) is 5.75 Å². The van der Waals surface area contributed by atoms with Gasteiger partial charge in [-0.15, -0.1) is 13.2 Å². The maximum atomic E-state index is 12.3. The van der Waals surface area contributed by atoms with Crippen molar-refractivity contribution in [2.75, 3.05) is 20.3 Å². The van der Waals surface area contributed by atoms with Crippen LogP contribution in [0.1, 0.15) is 24.9 Å². The summed E-state index contributed by atoms with van der Waals surface area (Å²) in [5.74, 6) is -0.200. The van der Waals surface area contributed by atoms with E-state index in [1.807, 2.05) is 6.92 Å². The van der Waals surface area contributed by atoms with E-state index in [0.29, 0.717) is 18.8 Å².